The highest BCUT2D eigenvalue weighted by Gasteiger charge is 2.51. The topological polar surface area (TPSA) is 57.2 Å². The number of likely N-dealkylation sites (tertiary alicyclic amines) is 1. The fourth-order valence-electron chi connectivity index (χ4n) is 3.45. The first-order chi connectivity index (χ1) is 13.6. The summed E-state index contributed by atoms with van der Waals surface area (Å²) in [6.07, 6.45) is 1.52. The van der Waals surface area contributed by atoms with Crippen molar-refractivity contribution in [2.75, 3.05) is 13.1 Å². The van der Waals surface area contributed by atoms with Crippen molar-refractivity contribution in [2.45, 2.75) is 84.4 Å². The van der Waals surface area contributed by atoms with E-state index in [9.17, 15) is 4.79 Å². The molecular weight excluding hydrogens is 369 g/mol. The number of hydrogen-bond donors (Lipinski definition) is 0. The van der Waals surface area contributed by atoms with E-state index in [-0.39, 0.29) is 36.6 Å². The molecule has 2 aliphatic heterocycles. The quantitative estimate of drug-likeness (QED) is 0.705. The van der Waals surface area contributed by atoms with Gasteiger partial charge in [-0.15, -0.1) is 0 Å². The molecule has 0 bridgehead atoms. The van der Waals surface area contributed by atoms with Gasteiger partial charge < -0.3 is 23.7 Å². The fourth-order valence-corrected chi connectivity index (χ4v) is 3.45. The van der Waals surface area contributed by atoms with Gasteiger partial charge in [-0.3, -0.25) is 0 Å². The maximum Gasteiger partial charge on any atom is 0.494 e. The van der Waals surface area contributed by atoms with Gasteiger partial charge in [0.25, 0.3) is 0 Å². The molecule has 0 aromatic heterocycles. The standard InChI is InChI=1S/C22H34BNO5/c1-16(2)27-20(25)24-13-11-19(12-14-24)26-15-17-7-9-18(10-8-17)23-28-21(3,4)22(5,6)29-23/h7-10,16,19H,11-15H2,1-6H3. The lowest BCUT2D eigenvalue weighted by Crippen LogP contribution is -2.41. The highest BCUT2D eigenvalue weighted by atomic mass is 16.7. The van der Waals surface area contributed by atoms with Crippen molar-refractivity contribution in [3.05, 3.63) is 29.8 Å². The third kappa shape index (κ3) is 5.33. The second kappa shape index (κ2) is 8.66. The van der Waals surface area contributed by atoms with Gasteiger partial charge in [-0.05, 0) is 65.4 Å². The Hall–Kier alpha value is -1.57. The van der Waals surface area contributed by atoms with Gasteiger partial charge in [0, 0.05) is 13.1 Å². The highest BCUT2D eigenvalue weighted by molar-refractivity contribution is 6.62. The monoisotopic (exact) mass is 403 g/mol. The molecule has 1 amide bonds. The maximum absolute atomic E-state index is 12.0. The Kier molecular flexibility index (Phi) is 6.61. The van der Waals surface area contributed by atoms with E-state index in [2.05, 4.69) is 39.8 Å². The van der Waals surface area contributed by atoms with Crippen LogP contribution >= 0.6 is 0 Å². The molecule has 1 aromatic rings. The smallest absolute Gasteiger partial charge is 0.447 e. The van der Waals surface area contributed by atoms with Crippen molar-refractivity contribution >= 4 is 18.7 Å². The number of amides is 1. The molecule has 0 radical (unpaired) electrons. The summed E-state index contributed by atoms with van der Waals surface area (Å²) in [6.45, 7) is 13.9. The third-order valence-electron chi connectivity index (χ3n) is 6.03. The van der Waals surface area contributed by atoms with Gasteiger partial charge >= 0.3 is 13.2 Å². The second-order valence-electron chi connectivity index (χ2n) is 9.26. The molecule has 0 atom stereocenters. The molecule has 1 aromatic carbocycles. The molecule has 0 saturated carbocycles. The van der Waals surface area contributed by atoms with E-state index in [4.69, 9.17) is 18.8 Å². The minimum absolute atomic E-state index is 0.0865. The lowest BCUT2D eigenvalue weighted by Gasteiger charge is -2.32. The number of ether oxygens (including phenoxy) is 2. The van der Waals surface area contributed by atoms with Gasteiger partial charge in [0.1, 0.15) is 0 Å². The Morgan fingerprint density at radius 3 is 2.17 bits per heavy atom. The van der Waals surface area contributed by atoms with E-state index in [0.717, 1.165) is 23.9 Å². The first kappa shape index (κ1) is 22.1. The second-order valence-corrected chi connectivity index (χ2v) is 9.26. The summed E-state index contributed by atoms with van der Waals surface area (Å²) in [6, 6.07) is 8.22. The molecule has 0 N–H and O–H groups in total. The minimum atomic E-state index is -0.343. The van der Waals surface area contributed by atoms with Gasteiger partial charge in [0.2, 0.25) is 0 Å². The Bertz CT molecular complexity index is 680. The van der Waals surface area contributed by atoms with Gasteiger partial charge in [-0.1, -0.05) is 24.3 Å². The van der Waals surface area contributed by atoms with Crippen LogP contribution in [0.4, 0.5) is 4.79 Å². The van der Waals surface area contributed by atoms with Crippen LogP contribution in [0.3, 0.4) is 0 Å². The zero-order valence-corrected chi connectivity index (χ0v) is 18.6. The first-order valence-electron chi connectivity index (χ1n) is 10.6. The molecule has 6 nitrogen and oxygen atoms in total. The van der Waals surface area contributed by atoms with Crippen LogP contribution in [0.15, 0.2) is 24.3 Å². The van der Waals surface area contributed by atoms with E-state index >= 15 is 0 Å². The zero-order valence-electron chi connectivity index (χ0n) is 18.6. The number of carbonyl (C=O) groups excluding carboxylic acids is 1. The van der Waals surface area contributed by atoms with Crippen LogP contribution in [0, 0.1) is 0 Å². The molecule has 7 heteroatoms. The molecule has 0 spiro atoms. The molecule has 2 heterocycles. The van der Waals surface area contributed by atoms with Crippen LogP contribution in [0.25, 0.3) is 0 Å². The van der Waals surface area contributed by atoms with Crippen molar-refractivity contribution in [1.82, 2.24) is 4.90 Å². The summed E-state index contributed by atoms with van der Waals surface area (Å²) in [5, 5.41) is 0. The number of nitrogens with zero attached hydrogens (tertiary/aromatic N) is 1. The first-order valence-corrected chi connectivity index (χ1v) is 10.6. The normalized spacial score (nSPS) is 21.6. The van der Waals surface area contributed by atoms with Crippen molar-refractivity contribution in [3.63, 3.8) is 0 Å². The van der Waals surface area contributed by atoms with Crippen LogP contribution in [-0.4, -0.2) is 54.6 Å². The van der Waals surface area contributed by atoms with E-state index in [1.54, 1.807) is 4.90 Å². The summed E-state index contributed by atoms with van der Waals surface area (Å²) in [5.41, 5.74) is 1.46. The highest BCUT2D eigenvalue weighted by Crippen LogP contribution is 2.36. The lowest BCUT2D eigenvalue weighted by atomic mass is 9.79. The molecule has 3 rings (SSSR count). The van der Waals surface area contributed by atoms with Crippen molar-refractivity contribution in [3.8, 4) is 0 Å². The lowest BCUT2D eigenvalue weighted by molar-refractivity contribution is -0.00616. The van der Waals surface area contributed by atoms with Gasteiger partial charge in [0.15, 0.2) is 0 Å². The van der Waals surface area contributed by atoms with Gasteiger partial charge in [-0.2, -0.15) is 0 Å². The van der Waals surface area contributed by atoms with Crippen LogP contribution in [0.5, 0.6) is 0 Å². The maximum atomic E-state index is 12.0. The Morgan fingerprint density at radius 2 is 1.66 bits per heavy atom. The summed E-state index contributed by atoms with van der Waals surface area (Å²) < 4.78 is 23.5. The largest absolute Gasteiger partial charge is 0.494 e. The molecule has 29 heavy (non-hydrogen) atoms. The Labute approximate surface area is 175 Å². The van der Waals surface area contributed by atoms with Crippen molar-refractivity contribution in [2.24, 2.45) is 0 Å². The van der Waals surface area contributed by atoms with Crippen molar-refractivity contribution < 1.29 is 23.6 Å². The average Bonchev–Trinajstić information content (AvgIpc) is 2.87. The van der Waals surface area contributed by atoms with Gasteiger partial charge in [0.05, 0.1) is 30.0 Å². The number of carbonyl (C=O) groups is 1. The van der Waals surface area contributed by atoms with E-state index in [1.165, 1.54) is 0 Å². The molecule has 2 saturated heterocycles. The van der Waals surface area contributed by atoms with Crippen LogP contribution < -0.4 is 5.46 Å². The predicted molar refractivity (Wildman–Crippen MR) is 113 cm³/mol. The molecule has 0 unspecified atom stereocenters. The van der Waals surface area contributed by atoms with Crippen LogP contribution in [-0.2, 0) is 25.4 Å². The fraction of sp³-hybridized carbons (Fsp3) is 0.682. The summed E-state index contributed by atoms with van der Waals surface area (Å²) in [7, 11) is -0.343. The van der Waals surface area contributed by atoms with Crippen molar-refractivity contribution in [1.29, 1.82) is 0 Å². The zero-order chi connectivity index (χ0) is 21.2. The SMILES string of the molecule is CC(C)OC(=O)N1CCC(OCc2ccc(B3OC(C)(C)C(C)(C)O3)cc2)CC1. The van der Waals surface area contributed by atoms with Gasteiger partial charge in [-0.25, -0.2) is 4.79 Å². The summed E-state index contributed by atoms with van der Waals surface area (Å²) >= 11 is 0. The number of benzene rings is 1. The Balaban J connectivity index is 1.45. The average molecular weight is 403 g/mol. The molecule has 0 aliphatic carbocycles. The third-order valence-corrected chi connectivity index (χ3v) is 6.03. The summed E-state index contributed by atoms with van der Waals surface area (Å²) in [5.74, 6) is 0. The van der Waals surface area contributed by atoms with E-state index in [0.29, 0.717) is 19.7 Å². The van der Waals surface area contributed by atoms with Crippen LogP contribution in [0.2, 0.25) is 0 Å². The minimum Gasteiger partial charge on any atom is -0.447 e. The number of rotatable bonds is 5. The predicted octanol–water partition coefficient (Wildman–Crippen LogP) is 3.51. The molecule has 160 valence electrons. The Morgan fingerprint density at radius 1 is 1.10 bits per heavy atom. The van der Waals surface area contributed by atoms with E-state index < -0.39 is 0 Å². The van der Waals surface area contributed by atoms with Crippen LogP contribution in [0.1, 0.15) is 59.9 Å². The number of piperidine rings is 1. The number of hydrogen-bond acceptors (Lipinski definition) is 5. The molecular formula is C22H34BNO5. The van der Waals surface area contributed by atoms with E-state index in [1.807, 2.05) is 26.0 Å². The molecule has 2 fully saturated rings. The summed E-state index contributed by atoms with van der Waals surface area (Å²) in [4.78, 5) is 13.7. The molecule has 2 aliphatic rings.